The third-order valence-corrected chi connectivity index (χ3v) is 3.51. The zero-order valence-corrected chi connectivity index (χ0v) is 12.7. The van der Waals surface area contributed by atoms with Gasteiger partial charge in [-0.15, -0.1) is 11.8 Å². The first-order valence-electron chi connectivity index (χ1n) is 6.31. The van der Waals surface area contributed by atoms with Gasteiger partial charge in [-0.1, -0.05) is 29.8 Å². The summed E-state index contributed by atoms with van der Waals surface area (Å²) in [4.78, 5) is 33.4. The van der Waals surface area contributed by atoms with E-state index in [1.54, 1.807) is 0 Å². The van der Waals surface area contributed by atoms with Crippen LogP contribution in [0.4, 0.5) is 4.79 Å². The minimum absolute atomic E-state index is 0.127. The standard InChI is InChI=1S/C14H18N2O4S/c1-9-3-5-11(6-4-9)7-21-8-12(17)20-10(2)13(18)16-14(15)19/h3-6,10H,7-8H2,1-2H3,(H3,15,16,18,19)/t10-/m1/s1. The number of carbonyl (C=O) groups excluding carboxylic acids is 3. The second-order valence-corrected chi connectivity index (χ2v) is 5.45. The zero-order valence-electron chi connectivity index (χ0n) is 11.9. The van der Waals surface area contributed by atoms with Gasteiger partial charge in [-0.2, -0.15) is 0 Å². The Bertz CT molecular complexity index is 516. The van der Waals surface area contributed by atoms with Crippen molar-refractivity contribution < 1.29 is 19.1 Å². The van der Waals surface area contributed by atoms with Gasteiger partial charge >= 0.3 is 12.0 Å². The molecule has 0 aliphatic rings. The van der Waals surface area contributed by atoms with Crippen LogP contribution in [0.15, 0.2) is 24.3 Å². The molecule has 6 nitrogen and oxygen atoms in total. The first-order chi connectivity index (χ1) is 9.88. The smallest absolute Gasteiger partial charge is 0.318 e. The van der Waals surface area contributed by atoms with Crippen LogP contribution in [0.3, 0.4) is 0 Å². The predicted molar refractivity (Wildman–Crippen MR) is 80.6 cm³/mol. The lowest BCUT2D eigenvalue weighted by Gasteiger charge is -2.11. The minimum atomic E-state index is -1.05. The van der Waals surface area contributed by atoms with Crippen molar-refractivity contribution in [3.63, 3.8) is 0 Å². The van der Waals surface area contributed by atoms with E-state index in [1.807, 2.05) is 36.5 Å². The van der Waals surface area contributed by atoms with E-state index in [0.717, 1.165) is 5.56 Å². The number of carbonyl (C=O) groups is 3. The number of ether oxygens (including phenoxy) is 1. The summed E-state index contributed by atoms with van der Waals surface area (Å²) in [5.74, 6) is -0.446. The molecule has 0 fully saturated rings. The van der Waals surface area contributed by atoms with E-state index in [9.17, 15) is 14.4 Å². The predicted octanol–water partition coefficient (Wildman–Crippen LogP) is 1.35. The van der Waals surface area contributed by atoms with Gasteiger partial charge in [0.2, 0.25) is 0 Å². The molecule has 0 heterocycles. The third kappa shape index (κ3) is 6.80. The summed E-state index contributed by atoms with van der Waals surface area (Å²) >= 11 is 1.39. The zero-order chi connectivity index (χ0) is 15.8. The van der Waals surface area contributed by atoms with Crippen LogP contribution in [-0.2, 0) is 20.1 Å². The maximum absolute atomic E-state index is 11.5. The average Bonchev–Trinajstić information content (AvgIpc) is 2.40. The molecule has 3 amide bonds. The Kier molecular flexibility index (Phi) is 6.74. The quantitative estimate of drug-likeness (QED) is 0.773. The van der Waals surface area contributed by atoms with Crippen LogP contribution in [0.5, 0.6) is 0 Å². The van der Waals surface area contributed by atoms with Crippen LogP contribution in [0.1, 0.15) is 18.1 Å². The molecule has 0 saturated heterocycles. The molecule has 1 rings (SSSR count). The molecule has 7 heteroatoms. The fraction of sp³-hybridized carbons (Fsp3) is 0.357. The molecule has 0 spiro atoms. The van der Waals surface area contributed by atoms with E-state index in [0.29, 0.717) is 5.75 Å². The lowest BCUT2D eigenvalue weighted by molar-refractivity contribution is -0.151. The molecule has 1 atom stereocenters. The molecule has 0 aliphatic carbocycles. The van der Waals surface area contributed by atoms with Crippen LogP contribution < -0.4 is 11.1 Å². The molecule has 0 saturated carbocycles. The average molecular weight is 310 g/mol. The Balaban J connectivity index is 2.29. The Labute approximate surface area is 127 Å². The van der Waals surface area contributed by atoms with Gasteiger partial charge in [0, 0.05) is 5.75 Å². The third-order valence-electron chi connectivity index (χ3n) is 2.53. The number of urea groups is 1. The molecule has 0 aliphatic heterocycles. The number of aryl methyl sites for hydroxylation is 1. The number of thioether (sulfide) groups is 1. The van der Waals surface area contributed by atoms with Gasteiger partial charge in [0.15, 0.2) is 6.10 Å². The number of nitrogens with two attached hydrogens (primary N) is 1. The normalized spacial score (nSPS) is 11.5. The molecule has 0 radical (unpaired) electrons. The van der Waals surface area contributed by atoms with Crippen LogP contribution in [0.2, 0.25) is 0 Å². The number of hydrogen-bond donors (Lipinski definition) is 2. The number of hydrogen-bond acceptors (Lipinski definition) is 5. The molecule has 3 N–H and O–H groups in total. The lowest BCUT2D eigenvalue weighted by Crippen LogP contribution is -2.42. The number of rotatable bonds is 6. The van der Waals surface area contributed by atoms with Crippen LogP contribution >= 0.6 is 11.8 Å². The summed E-state index contributed by atoms with van der Waals surface area (Å²) in [7, 11) is 0. The maximum atomic E-state index is 11.5. The fourth-order valence-electron chi connectivity index (χ4n) is 1.44. The van der Waals surface area contributed by atoms with E-state index < -0.39 is 24.0 Å². The van der Waals surface area contributed by atoms with Gasteiger partial charge in [-0.05, 0) is 19.4 Å². The summed E-state index contributed by atoms with van der Waals surface area (Å²) < 4.78 is 4.89. The fourth-order valence-corrected chi connectivity index (χ4v) is 2.21. The molecule has 1 aromatic carbocycles. The van der Waals surface area contributed by atoms with Gasteiger partial charge < -0.3 is 10.5 Å². The van der Waals surface area contributed by atoms with Crippen molar-refractivity contribution in [2.24, 2.45) is 5.73 Å². The first-order valence-corrected chi connectivity index (χ1v) is 7.47. The summed E-state index contributed by atoms with van der Waals surface area (Å²) in [5, 5.41) is 1.85. The highest BCUT2D eigenvalue weighted by Gasteiger charge is 2.18. The lowest BCUT2D eigenvalue weighted by atomic mass is 10.2. The number of imide groups is 1. The van der Waals surface area contributed by atoms with E-state index in [1.165, 1.54) is 24.2 Å². The molecule has 0 aromatic heterocycles. The highest BCUT2D eigenvalue weighted by Crippen LogP contribution is 2.13. The van der Waals surface area contributed by atoms with Gasteiger partial charge in [0.05, 0.1) is 5.75 Å². The summed E-state index contributed by atoms with van der Waals surface area (Å²) in [5.41, 5.74) is 7.09. The molecule has 21 heavy (non-hydrogen) atoms. The van der Waals surface area contributed by atoms with E-state index in [4.69, 9.17) is 10.5 Å². The van der Waals surface area contributed by atoms with Gasteiger partial charge in [0.25, 0.3) is 5.91 Å². The van der Waals surface area contributed by atoms with Crippen molar-refractivity contribution in [3.05, 3.63) is 35.4 Å². The van der Waals surface area contributed by atoms with Crippen molar-refractivity contribution in [2.75, 3.05) is 5.75 Å². The highest BCUT2D eigenvalue weighted by molar-refractivity contribution is 7.99. The SMILES string of the molecule is Cc1ccc(CSCC(=O)O[C@H](C)C(=O)NC(N)=O)cc1. The summed E-state index contributed by atoms with van der Waals surface area (Å²) in [6.07, 6.45) is -1.05. The topological polar surface area (TPSA) is 98.5 Å². The van der Waals surface area contributed by atoms with E-state index >= 15 is 0 Å². The molecule has 1 aromatic rings. The minimum Gasteiger partial charge on any atom is -0.452 e. The Morgan fingerprint density at radius 1 is 1.29 bits per heavy atom. The van der Waals surface area contributed by atoms with Crippen LogP contribution in [0.25, 0.3) is 0 Å². The second kappa shape index (κ2) is 8.31. The number of nitrogens with one attached hydrogen (secondary N) is 1. The van der Waals surface area contributed by atoms with Crippen LogP contribution in [-0.4, -0.2) is 29.8 Å². The molecular weight excluding hydrogens is 292 g/mol. The Hall–Kier alpha value is -2.02. The number of primary amides is 1. The second-order valence-electron chi connectivity index (χ2n) is 4.46. The van der Waals surface area contributed by atoms with Crippen molar-refractivity contribution in [3.8, 4) is 0 Å². The van der Waals surface area contributed by atoms with Crippen molar-refractivity contribution in [1.82, 2.24) is 5.32 Å². The molecule has 114 valence electrons. The Morgan fingerprint density at radius 3 is 2.48 bits per heavy atom. The maximum Gasteiger partial charge on any atom is 0.318 e. The van der Waals surface area contributed by atoms with E-state index in [-0.39, 0.29) is 5.75 Å². The van der Waals surface area contributed by atoms with E-state index in [2.05, 4.69) is 0 Å². The monoisotopic (exact) mass is 310 g/mol. The molecule has 0 unspecified atom stereocenters. The largest absolute Gasteiger partial charge is 0.452 e. The van der Waals surface area contributed by atoms with Crippen molar-refractivity contribution >= 4 is 29.7 Å². The van der Waals surface area contributed by atoms with Gasteiger partial charge in [-0.25, -0.2) is 4.79 Å². The van der Waals surface area contributed by atoms with Crippen molar-refractivity contribution in [1.29, 1.82) is 0 Å². The number of esters is 1. The van der Waals surface area contributed by atoms with Crippen molar-refractivity contribution in [2.45, 2.75) is 25.7 Å². The molecular formula is C14H18N2O4S. The highest BCUT2D eigenvalue weighted by atomic mass is 32.2. The number of amides is 3. The van der Waals surface area contributed by atoms with Gasteiger partial charge in [0.1, 0.15) is 0 Å². The number of benzene rings is 1. The molecule has 0 bridgehead atoms. The summed E-state index contributed by atoms with van der Waals surface area (Å²) in [6.45, 7) is 3.38. The van der Waals surface area contributed by atoms with Gasteiger partial charge in [-0.3, -0.25) is 14.9 Å². The summed E-state index contributed by atoms with van der Waals surface area (Å²) in [6, 6.07) is 7.03. The Morgan fingerprint density at radius 2 is 1.90 bits per heavy atom. The van der Waals surface area contributed by atoms with Crippen LogP contribution in [0, 0.1) is 6.92 Å². The first kappa shape index (κ1) is 17.0.